The molecule has 0 saturated carbocycles. The lowest BCUT2D eigenvalue weighted by Crippen LogP contribution is -2.37. The van der Waals surface area contributed by atoms with Crippen LogP contribution in [0, 0.1) is 17.8 Å². The van der Waals surface area contributed by atoms with E-state index in [1.54, 1.807) is 0 Å². The molecule has 0 aromatic heterocycles. The number of hydrogen-bond acceptors (Lipinski definition) is 3. The second kappa shape index (κ2) is 3.35. The Morgan fingerprint density at radius 1 is 1.29 bits per heavy atom. The van der Waals surface area contributed by atoms with E-state index < -0.39 is 0 Å². The Kier molecular flexibility index (Phi) is 2.31. The van der Waals surface area contributed by atoms with E-state index >= 15 is 0 Å². The minimum atomic E-state index is -0.0822. The summed E-state index contributed by atoms with van der Waals surface area (Å²) in [7, 11) is 0. The van der Waals surface area contributed by atoms with Gasteiger partial charge in [0.15, 0.2) is 0 Å². The van der Waals surface area contributed by atoms with Gasteiger partial charge in [0.05, 0.1) is 11.8 Å². The zero-order valence-electron chi connectivity index (χ0n) is 8.62. The summed E-state index contributed by atoms with van der Waals surface area (Å²) in [6.45, 7) is 5.96. The zero-order valence-corrected chi connectivity index (χ0v) is 8.62. The average Bonchev–Trinajstić information content (AvgIpc) is 2.65. The molecule has 0 aliphatic carbocycles. The lowest BCUT2D eigenvalue weighted by Gasteiger charge is -2.17. The van der Waals surface area contributed by atoms with Gasteiger partial charge in [0, 0.05) is 19.6 Å². The molecule has 0 spiro atoms. The van der Waals surface area contributed by atoms with Crippen molar-refractivity contribution < 1.29 is 9.59 Å². The molecule has 2 fully saturated rings. The van der Waals surface area contributed by atoms with Crippen molar-refractivity contribution in [3.05, 3.63) is 0 Å². The molecule has 1 N–H and O–H groups in total. The summed E-state index contributed by atoms with van der Waals surface area (Å²) in [6, 6.07) is 0. The molecular formula is C10H16N2O2. The van der Waals surface area contributed by atoms with E-state index in [1.165, 1.54) is 4.90 Å². The maximum atomic E-state index is 11.8. The van der Waals surface area contributed by atoms with E-state index in [4.69, 9.17) is 0 Å². The van der Waals surface area contributed by atoms with Gasteiger partial charge in [-0.1, -0.05) is 13.8 Å². The van der Waals surface area contributed by atoms with Crippen molar-refractivity contribution in [2.24, 2.45) is 17.8 Å². The molecule has 2 aliphatic heterocycles. The third-order valence-corrected chi connectivity index (χ3v) is 2.93. The highest BCUT2D eigenvalue weighted by atomic mass is 16.2. The van der Waals surface area contributed by atoms with Crippen LogP contribution in [-0.4, -0.2) is 36.3 Å². The normalized spacial score (nSPS) is 31.8. The van der Waals surface area contributed by atoms with Gasteiger partial charge in [0.1, 0.15) is 0 Å². The Morgan fingerprint density at radius 3 is 2.21 bits per heavy atom. The molecule has 14 heavy (non-hydrogen) atoms. The predicted molar refractivity (Wildman–Crippen MR) is 51.4 cm³/mol. The Bertz CT molecular complexity index is 253. The van der Waals surface area contributed by atoms with E-state index in [0.29, 0.717) is 25.6 Å². The summed E-state index contributed by atoms with van der Waals surface area (Å²) in [5.41, 5.74) is 0. The first-order chi connectivity index (χ1) is 6.61. The molecule has 0 aromatic carbocycles. The molecule has 2 saturated heterocycles. The van der Waals surface area contributed by atoms with Crippen LogP contribution in [0.4, 0.5) is 0 Å². The van der Waals surface area contributed by atoms with Gasteiger partial charge in [-0.2, -0.15) is 0 Å². The lowest BCUT2D eigenvalue weighted by molar-refractivity contribution is -0.140. The molecule has 0 radical (unpaired) electrons. The number of amides is 2. The summed E-state index contributed by atoms with van der Waals surface area (Å²) in [5, 5.41) is 3.09. The average molecular weight is 196 g/mol. The largest absolute Gasteiger partial charge is 0.315 e. The van der Waals surface area contributed by atoms with Crippen LogP contribution < -0.4 is 5.32 Å². The monoisotopic (exact) mass is 196 g/mol. The molecule has 0 bridgehead atoms. The van der Waals surface area contributed by atoms with E-state index in [9.17, 15) is 9.59 Å². The van der Waals surface area contributed by atoms with Crippen LogP contribution in [0.15, 0.2) is 0 Å². The minimum Gasteiger partial charge on any atom is -0.315 e. The molecule has 2 heterocycles. The lowest BCUT2D eigenvalue weighted by atomic mass is 10.00. The van der Waals surface area contributed by atoms with Crippen LogP contribution in [-0.2, 0) is 9.59 Å². The van der Waals surface area contributed by atoms with Crippen LogP contribution in [0.25, 0.3) is 0 Å². The van der Waals surface area contributed by atoms with E-state index in [2.05, 4.69) is 5.32 Å². The number of hydrogen-bond donors (Lipinski definition) is 1. The molecule has 2 rings (SSSR count). The number of nitrogens with one attached hydrogen (secondary N) is 1. The minimum absolute atomic E-state index is 0.0266. The van der Waals surface area contributed by atoms with Gasteiger partial charge in [0.2, 0.25) is 11.8 Å². The van der Waals surface area contributed by atoms with Crippen LogP contribution in [0.3, 0.4) is 0 Å². The van der Waals surface area contributed by atoms with Crippen molar-refractivity contribution in [2.75, 3.05) is 19.6 Å². The van der Waals surface area contributed by atoms with Crippen molar-refractivity contribution in [3.63, 3.8) is 0 Å². The first-order valence-electron chi connectivity index (χ1n) is 5.17. The number of rotatable bonds is 2. The molecule has 2 atom stereocenters. The maximum absolute atomic E-state index is 11.8. The van der Waals surface area contributed by atoms with Gasteiger partial charge in [-0.3, -0.25) is 14.5 Å². The fourth-order valence-corrected chi connectivity index (χ4v) is 2.25. The van der Waals surface area contributed by atoms with Gasteiger partial charge in [-0.15, -0.1) is 0 Å². The number of nitrogens with zero attached hydrogens (tertiary/aromatic N) is 1. The first kappa shape index (κ1) is 9.65. The summed E-state index contributed by atoms with van der Waals surface area (Å²) < 4.78 is 0. The molecule has 0 aromatic rings. The van der Waals surface area contributed by atoms with Crippen LogP contribution in [0.2, 0.25) is 0 Å². The summed E-state index contributed by atoms with van der Waals surface area (Å²) in [5.74, 6) is 0.245. The zero-order chi connectivity index (χ0) is 10.3. The number of carbonyl (C=O) groups excluding carboxylic acids is 2. The number of carbonyl (C=O) groups is 2. The van der Waals surface area contributed by atoms with Gasteiger partial charge in [-0.05, 0) is 5.92 Å². The highest BCUT2D eigenvalue weighted by molar-refractivity contribution is 6.05. The third-order valence-electron chi connectivity index (χ3n) is 2.93. The molecular weight excluding hydrogens is 180 g/mol. The number of fused-ring (bicyclic) bond motifs is 1. The third kappa shape index (κ3) is 1.34. The summed E-state index contributed by atoms with van der Waals surface area (Å²) >= 11 is 0. The second-order valence-electron chi connectivity index (χ2n) is 4.55. The van der Waals surface area contributed by atoms with Crippen molar-refractivity contribution in [1.82, 2.24) is 10.2 Å². The Balaban J connectivity index is 2.13. The fourth-order valence-electron chi connectivity index (χ4n) is 2.25. The highest BCUT2D eigenvalue weighted by Crippen LogP contribution is 2.29. The number of imide groups is 1. The van der Waals surface area contributed by atoms with Crippen molar-refractivity contribution in [1.29, 1.82) is 0 Å². The summed E-state index contributed by atoms with van der Waals surface area (Å²) in [6.07, 6.45) is 0. The Hall–Kier alpha value is -0.900. The van der Waals surface area contributed by atoms with Crippen LogP contribution in [0.1, 0.15) is 13.8 Å². The van der Waals surface area contributed by atoms with Crippen molar-refractivity contribution in [2.45, 2.75) is 13.8 Å². The Morgan fingerprint density at radius 2 is 1.79 bits per heavy atom. The standard InChI is InChI=1S/C10H16N2O2/c1-6(2)5-12-9(13)7-3-11-4-8(7)10(12)14/h6-8,11H,3-5H2,1-2H3. The molecule has 2 aliphatic rings. The van der Waals surface area contributed by atoms with Crippen molar-refractivity contribution in [3.8, 4) is 0 Å². The first-order valence-corrected chi connectivity index (χ1v) is 5.17. The molecule has 4 heteroatoms. The van der Waals surface area contributed by atoms with Crippen molar-refractivity contribution >= 4 is 11.8 Å². The van der Waals surface area contributed by atoms with Gasteiger partial charge in [-0.25, -0.2) is 0 Å². The maximum Gasteiger partial charge on any atom is 0.234 e. The van der Waals surface area contributed by atoms with E-state index in [-0.39, 0.29) is 23.7 Å². The highest BCUT2D eigenvalue weighted by Gasteiger charge is 2.49. The molecule has 4 nitrogen and oxygen atoms in total. The molecule has 78 valence electrons. The van der Waals surface area contributed by atoms with Gasteiger partial charge in [0.25, 0.3) is 0 Å². The van der Waals surface area contributed by atoms with E-state index in [1.807, 2.05) is 13.8 Å². The topological polar surface area (TPSA) is 49.4 Å². The fraction of sp³-hybridized carbons (Fsp3) is 0.800. The smallest absolute Gasteiger partial charge is 0.234 e. The number of likely N-dealkylation sites (tertiary alicyclic amines) is 1. The van der Waals surface area contributed by atoms with E-state index in [0.717, 1.165) is 0 Å². The second-order valence-corrected chi connectivity index (χ2v) is 4.55. The molecule has 2 unspecified atom stereocenters. The van der Waals surface area contributed by atoms with Gasteiger partial charge < -0.3 is 5.32 Å². The SMILES string of the molecule is CC(C)CN1C(=O)C2CNCC2C1=O. The van der Waals surface area contributed by atoms with Gasteiger partial charge >= 0.3 is 0 Å². The quantitative estimate of drug-likeness (QED) is 0.625. The Labute approximate surface area is 83.6 Å². The summed E-state index contributed by atoms with van der Waals surface area (Å²) in [4.78, 5) is 25.0. The predicted octanol–water partition coefficient (Wildman–Crippen LogP) is -0.153. The molecule has 2 amide bonds. The van der Waals surface area contributed by atoms with Crippen LogP contribution >= 0.6 is 0 Å². The van der Waals surface area contributed by atoms with Crippen LogP contribution in [0.5, 0.6) is 0 Å².